The standard InChI is InChI=1S/C28H49N3O2/c1-8-11-12-16-27(26(7)32)31-21-20-30(22-25(31)6)28(33)17-14-19-29(24(5)10-3)18-13-15-23(4)9-2/h14,16-17,23-24H,6,8-13,15,18-22H2,1-5,7H3/b17-14+,27-16-. The van der Waals surface area contributed by atoms with Crippen molar-refractivity contribution >= 4 is 11.7 Å². The Bertz CT molecular complexity index is 683. The van der Waals surface area contributed by atoms with Gasteiger partial charge in [-0.2, -0.15) is 0 Å². The normalized spacial score (nSPS) is 17.2. The molecule has 0 aromatic carbocycles. The molecule has 0 N–H and O–H groups in total. The highest BCUT2D eigenvalue weighted by molar-refractivity contribution is 5.93. The van der Waals surface area contributed by atoms with E-state index in [-0.39, 0.29) is 11.7 Å². The maximum Gasteiger partial charge on any atom is 0.246 e. The maximum atomic E-state index is 12.8. The Hall–Kier alpha value is -1.88. The van der Waals surface area contributed by atoms with Gasteiger partial charge in [-0.15, -0.1) is 0 Å². The average Bonchev–Trinajstić information content (AvgIpc) is 2.80. The van der Waals surface area contributed by atoms with Crippen molar-refractivity contribution in [1.29, 1.82) is 0 Å². The van der Waals surface area contributed by atoms with Crippen LogP contribution in [0.5, 0.6) is 0 Å². The number of piperazine rings is 1. The van der Waals surface area contributed by atoms with Crippen LogP contribution in [0.15, 0.2) is 36.2 Å². The van der Waals surface area contributed by atoms with Gasteiger partial charge in [-0.05, 0) is 51.5 Å². The number of carbonyl (C=O) groups is 2. The first kappa shape index (κ1) is 29.2. The molecular weight excluding hydrogens is 410 g/mol. The summed E-state index contributed by atoms with van der Waals surface area (Å²) in [7, 11) is 0. The van der Waals surface area contributed by atoms with Crippen LogP contribution in [0.25, 0.3) is 0 Å². The molecule has 0 bridgehead atoms. The fourth-order valence-electron chi connectivity index (χ4n) is 4.12. The molecule has 1 aliphatic heterocycles. The largest absolute Gasteiger partial charge is 0.340 e. The highest BCUT2D eigenvalue weighted by atomic mass is 16.2. The second-order valence-corrected chi connectivity index (χ2v) is 9.58. The third-order valence-electron chi connectivity index (χ3n) is 6.86. The monoisotopic (exact) mass is 459 g/mol. The zero-order valence-corrected chi connectivity index (χ0v) is 22.2. The van der Waals surface area contributed by atoms with Gasteiger partial charge in [0, 0.05) is 44.4 Å². The predicted octanol–water partition coefficient (Wildman–Crippen LogP) is 5.79. The lowest BCUT2D eigenvalue weighted by atomic mass is 10.0. The third-order valence-corrected chi connectivity index (χ3v) is 6.86. The Morgan fingerprint density at radius 2 is 1.85 bits per heavy atom. The van der Waals surface area contributed by atoms with Gasteiger partial charge < -0.3 is 9.80 Å². The van der Waals surface area contributed by atoms with Crippen molar-refractivity contribution in [2.45, 2.75) is 92.5 Å². The van der Waals surface area contributed by atoms with E-state index in [1.165, 1.54) is 19.3 Å². The smallest absolute Gasteiger partial charge is 0.246 e. The molecule has 0 aliphatic carbocycles. The van der Waals surface area contributed by atoms with Crippen molar-refractivity contribution in [2.75, 3.05) is 32.7 Å². The topological polar surface area (TPSA) is 43.9 Å². The number of allylic oxidation sites excluding steroid dienone is 2. The Labute approximate surface area is 203 Å². The summed E-state index contributed by atoms with van der Waals surface area (Å²) in [5.41, 5.74) is 1.53. The van der Waals surface area contributed by atoms with Gasteiger partial charge in [0.2, 0.25) is 5.91 Å². The fraction of sp³-hybridized carbons (Fsp3) is 0.714. The number of nitrogens with zero attached hydrogens (tertiary/aromatic N) is 3. The molecule has 1 aliphatic rings. The van der Waals surface area contributed by atoms with Crippen LogP contribution in [-0.4, -0.2) is 65.2 Å². The molecule has 1 heterocycles. The molecule has 2 atom stereocenters. The second kappa shape index (κ2) is 15.9. The molecule has 1 fully saturated rings. The van der Waals surface area contributed by atoms with Crippen molar-refractivity contribution in [3.05, 3.63) is 36.2 Å². The lowest BCUT2D eigenvalue weighted by molar-refractivity contribution is -0.126. The highest BCUT2D eigenvalue weighted by Crippen LogP contribution is 2.20. The van der Waals surface area contributed by atoms with Crippen molar-refractivity contribution < 1.29 is 9.59 Å². The lowest BCUT2D eigenvalue weighted by Crippen LogP contribution is -2.46. The van der Waals surface area contributed by atoms with E-state index in [2.05, 4.69) is 46.1 Å². The van der Waals surface area contributed by atoms with Crippen LogP contribution >= 0.6 is 0 Å². The molecule has 33 heavy (non-hydrogen) atoms. The summed E-state index contributed by atoms with van der Waals surface area (Å²) in [6.45, 7) is 20.5. The minimum absolute atomic E-state index is 0.0267. The third kappa shape index (κ3) is 10.3. The molecule has 5 nitrogen and oxygen atoms in total. The van der Waals surface area contributed by atoms with Gasteiger partial charge in [0.05, 0.1) is 12.2 Å². The Morgan fingerprint density at radius 1 is 1.12 bits per heavy atom. The van der Waals surface area contributed by atoms with Gasteiger partial charge in [0.15, 0.2) is 5.78 Å². The minimum atomic E-state index is 0.0267. The van der Waals surface area contributed by atoms with Crippen LogP contribution in [0.1, 0.15) is 86.5 Å². The molecule has 0 aromatic heterocycles. The second-order valence-electron chi connectivity index (χ2n) is 9.58. The van der Waals surface area contributed by atoms with E-state index in [1.54, 1.807) is 13.0 Å². The molecule has 5 heteroatoms. The Balaban J connectivity index is 2.64. The first-order valence-corrected chi connectivity index (χ1v) is 13.1. The van der Waals surface area contributed by atoms with E-state index in [4.69, 9.17) is 0 Å². The quantitative estimate of drug-likeness (QED) is 0.230. The summed E-state index contributed by atoms with van der Waals surface area (Å²) in [5.74, 6) is 0.863. The van der Waals surface area contributed by atoms with Gasteiger partial charge >= 0.3 is 0 Å². The van der Waals surface area contributed by atoms with E-state index < -0.39 is 0 Å². The zero-order valence-electron chi connectivity index (χ0n) is 22.2. The van der Waals surface area contributed by atoms with Gasteiger partial charge in [-0.1, -0.05) is 59.3 Å². The molecule has 188 valence electrons. The predicted molar refractivity (Wildman–Crippen MR) is 140 cm³/mol. The van der Waals surface area contributed by atoms with Crippen LogP contribution in [0.4, 0.5) is 0 Å². The number of ketones is 1. The van der Waals surface area contributed by atoms with Crippen LogP contribution in [0.3, 0.4) is 0 Å². The summed E-state index contributed by atoms with van der Waals surface area (Å²) in [5, 5.41) is 0. The van der Waals surface area contributed by atoms with Crippen LogP contribution in [0.2, 0.25) is 0 Å². The van der Waals surface area contributed by atoms with E-state index in [0.717, 1.165) is 56.1 Å². The fourth-order valence-corrected chi connectivity index (χ4v) is 4.12. The van der Waals surface area contributed by atoms with Crippen molar-refractivity contribution in [3.63, 3.8) is 0 Å². The lowest BCUT2D eigenvalue weighted by Gasteiger charge is -2.38. The molecule has 1 saturated heterocycles. The van der Waals surface area contributed by atoms with Gasteiger partial charge in [-0.3, -0.25) is 14.5 Å². The summed E-state index contributed by atoms with van der Waals surface area (Å²) < 4.78 is 0. The van der Waals surface area contributed by atoms with E-state index in [1.807, 2.05) is 22.0 Å². The first-order valence-electron chi connectivity index (χ1n) is 13.1. The van der Waals surface area contributed by atoms with Crippen LogP contribution < -0.4 is 0 Å². The minimum Gasteiger partial charge on any atom is -0.340 e. The van der Waals surface area contributed by atoms with Crippen molar-refractivity contribution in [1.82, 2.24) is 14.7 Å². The number of hydrogen-bond acceptors (Lipinski definition) is 4. The summed E-state index contributed by atoms with van der Waals surface area (Å²) >= 11 is 0. The number of hydrogen-bond donors (Lipinski definition) is 0. The summed E-state index contributed by atoms with van der Waals surface area (Å²) in [6.07, 6.45) is 13.6. The Morgan fingerprint density at radius 3 is 2.42 bits per heavy atom. The number of carbonyl (C=O) groups excluding carboxylic acids is 2. The first-order chi connectivity index (χ1) is 15.7. The summed E-state index contributed by atoms with van der Waals surface area (Å²) in [4.78, 5) is 31.3. The number of rotatable bonds is 15. The highest BCUT2D eigenvalue weighted by Gasteiger charge is 2.25. The van der Waals surface area contributed by atoms with Gasteiger partial charge in [-0.25, -0.2) is 0 Å². The number of Topliss-reactive ketones (excluding diaryl/α,β-unsaturated/α-hetero) is 1. The van der Waals surface area contributed by atoms with Crippen LogP contribution in [0, 0.1) is 5.92 Å². The molecule has 1 rings (SSSR count). The van der Waals surface area contributed by atoms with E-state index in [9.17, 15) is 9.59 Å². The zero-order chi connectivity index (χ0) is 24.8. The Kier molecular flexibility index (Phi) is 14.0. The van der Waals surface area contributed by atoms with Crippen molar-refractivity contribution in [3.8, 4) is 0 Å². The summed E-state index contributed by atoms with van der Waals surface area (Å²) in [6, 6.07) is 0.509. The molecular formula is C28H49N3O2. The van der Waals surface area contributed by atoms with E-state index in [0.29, 0.717) is 25.7 Å². The van der Waals surface area contributed by atoms with Gasteiger partial charge in [0.1, 0.15) is 0 Å². The van der Waals surface area contributed by atoms with Gasteiger partial charge in [0.25, 0.3) is 0 Å². The molecule has 0 spiro atoms. The number of amides is 1. The van der Waals surface area contributed by atoms with E-state index >= 15 is 0 Å². The molecule has 0 saturated carbocycles. The average molecular weight is 460 g/mol. The molecule has 0 aromatic rings. The number of unbranched alkanes of at least 4 members (excludes halogenated alkanes) is 2. The molecule has 1 amide bonds. The molecule has 0 radical (unpaired) electrons. The van der Waals surface area contributed by atoms with Crippen LogP contribution in [-0.2, 0) is 9.59 Å². The molecule has 2 unspecified atom stereocenters. The van der Waals surface area contributed by atoms with Crippen molar-refractivity contribution in [2.24, 2.45) is 5.92 Å². The maximum absolute atomic E-state index is 12.8. The SMILES string of the molecule is C=C1CN(C(=O)/C=C/CN(CCCC(C)CC)C(C)CC)CCN1/C(=C\CCCC)C(C)=O.